The molecule has 1 saturated heterocycles. The van der Waals surface area contributed by atoms with Crippen LogP contribution in [0.2, 0.25) is 0 Å². The first kappa shape index (κ1) is 14.4. The first-order valence-electron chi connectivity index (χ1n) is 7.28. The fourth-order valence-electron chi connectivity index (χ4n) is 2.75. The van der Waals surface area contributed by atoms with Crippen molar-refractivity contribution in [2.45, 2.75) is 44.9 Å². The summed E-state index contributed by atoms with van der Waals surface area (Å²) in [5.41, 5.74) is 3.01. The molecule has 1 aromatic rings. The number of hydrogen-bond acceptors (Lipinski definition) is 2. The normalized spacial score (nSPS) is 18.6. The predicted molar refractivity (Wildman–Crippen MR) is 81.2 cm³/mol. The number of rotatable bonds is 2. The zero-order valence-corrected chi connectivity index (χ0v) is 13.0. The van der Waals surface area contributed by atoms with E-state index in [9.17, 15) is 0 Å². The largest absolute Gasteiger partial charge is 0.497 e. The number of likely N-dealkylation sites (tertiary alicyclic amines) is 1. The SMILES string of the molecule is COc1cc(C2CCN(C)CC2)cc(C(C)(C)C)c1. The van der Waals surface area contributed by atoms with Crippen LogP contribution in [0.1, 0.15) is 50.7 Å². The number of benzene rings is 1. The van der Waals surface area contributed by atoms with Crippen LogP contribution in [0.15, 0.2) is 18.2 Å². The Labute approximate surface area is 117 Å². The summed E-state index contributed by atoms with van der Waals surface area (Å²) in [7, 11) is 3.97. The Balaban J connectivity index is 2.29. The Bertz CT molecular complexity index is 425. The Hall–Kier alpha value is -1.02. The van der Waals surface area contributed by atoms with Gasteiger partial charge in [-0.1, -0.05) is 26.8 Å². The fourth-order valence-corrected chi connectivity index (χ4v) is 2.75. The number of piperidine rings is 1. The van der Waals surface area contributed by atoms with Crippen LogP contribution in [-0.2, 0) is 5.41 Å². The molecule has 2 nitrogen and oxygen atoms in total. The number of hydrogen-bond donors (Lipinski definition) is 0. The Morgan fingerprint density at radius 3 is 2.26 bits per heavy atom. The molecule has 0 atom stereocenters. The molecule has 1 fully saturated rings. The van der Waals surface area contributed by atoms with Crippen molar-refractivity contribution in [1.29, 1.82) is 0 Å². The van der Waals surface area contributed by atoms with Crippen molar-refractivity contribution >= 4 is 0 Å². The maximum absolute atomic E-state index is 5.49. The van der Waals surface area contributed by atoms with Crippen molar-refractivity contribution in [3.05, 3.63) is 29.3 Å². The van der Waals surface area contributed by atoms with Crippen LogP contribution in [0.25, 0.3) is 0 Å². The summed E-state index contributed by atoms with van der Waals surface area (Å²) in [6.07, 6.45) is 2.51. The Morgan fingerprint density at radius 1 is 1.11 bits per heavy atom. The fraction of sp³-hybridized carbons (Fsp3) is 0.647. The topological polar surface area (TPSA) is 12.5 Å². The van der Waals surface area contributed by atoms with Crippen LogP contribution in [0.5, 0.6) is 5.75 Å². The number of ether oxygens (including phenoxy) is 1. The first-order chi connectivity index (χ1) is 8.90. The average molecular weight is 261 g/mol. The van der Waals surface area contributed by atoms with Crippen molar-refractivity contribution < 1.29 is 4.74 Å². The van der Waals surface area contributed by atoms with Gasteiger partial charge in [0.05, 0.1) is 7.11 Å². The van der Waals surface area contributed by atoms with Gasteiger partial charge >= 0.3 is 0 Å². The molecular formula is C17H27NO. The highest BCUT2D eigenvalue weighted by atomic mass is 16.5. The predicted octanol–water partition coefficient (Wildman–Crippen LogP) is 3.80. The van der Waals surface area contributed by atoms with E-state index in [4.69, 9.17) is 4.74 Å². The van der Waals surface area contributed by atoms with E-state index in [0.29, 0.717) is 5.92 Å². The van der Waals surface area contributed by atoms with Gasteiger partial charge in [-0.25, -0.2) is 0 Å². The van der Waals surface area contributed by atoms with Crippen molar-refractivity contribution in [3.63, 3.8) is 0 Å². The highest BCUT2D eigenvalue weighted by Gasteiger charge is 2.22. The molecule has 0 amide bonds. The van der Waals surface area contributed by atoms with E-state index in [1.54, 1.807) is 7.11 Å². The maximum Gasteiger partial charge on any atom is 0.119 e. The molecule has 2 heteroatoms. The third-order valence-electron chi connectivity index (χ3n) is 4.22. The Kier molecular flexibility index (Phi) is 4.19. The van der Waals surface area contributed by atoms with Gasteiger partial charge in [0.25, 0.3) is 0 Å². The summed E-state index contributed by atoms with van der Waals surface area (Å²) >= 11 is 0. The third kappa shape index (κ3) is 3.50. The minimum Gasteiger partial charge on any atom is -0.497 e. The number of methoxy groups -OCH3 is 1. The molecule has 0 aromatic heterocycles. The van der Waals surface area contributed by atoms with Crippen molar-refractivity contribution in [2.24, 2.45) is 0 Å². The van der Waals surface area contributed by atoms with Crippen molar-refractivity contribution in [3.8, 4) is 5.75 Å². The van der Waals surface area contributed by atoms with Gasteiger partial charge in [-0.2, -0.15) is 0 Å². The molecule has 0 N–H and O–H groups in total. The quantitative estimate of drug-likeness (QED) is 0.803. The monoisotopic (exact) mass is 261 g/mol. The summed E-state index contributed by atoms with van der Waals surface area (Å²) in [5, 5.41) is 0. The van der Waals surface area contributed by atoms with E-state index >= 15 is 0 Å². The lowest BCUT2D eigenvalue weighted by Gasteiger charge is -2.30. The van der Waals surface area contributed by atoms with Gasteiger partial charge in [-0.05, 0) is 67.6 Å². The lowest BCUT2D eigenvalue weighted by atomic mass is 9.82. The molecule has 0 aliphatic carbocycles. The summed E-state index contributed by atoms with van der Waals surface area (Å²) in [4.78, 5) is 2.42. The molecule has 1 heterocycles. The van der Waals surface area contributed by atoms with Crippen LogP contribution >= 0.6 is 0 Å². The molecule has 19 heavy (non-hydrogen) atoms. The van der Waals surface area contributed by atoms with Gasteiger partial charge in [0.15, 0.2) is 0 Å². The summed E-state index contributed by atoms with van der Waals surface area (Å²) in [5.74, 6) is 1.69. The maximum atomic E-state index is 5.49. The van der Waals surface area contributed by atoms with Crippen molar-refractivity contribution in [1.82, 2.24) is 4.90 Å². The third-order valence-corrected chi connectivity index (χ3v) is 4.22. The molecule has 0 spiro atoms. The average Bonchev–Trinajstić information content (AvgIpc) is 2.38. The zero-order valence-electron chi connectivity index (χ0n) is 13.0. The van der Waals surface area contributed by atoms with Gasteiger partial charge < -0.3 is 9.64 Å². The standard InChI is InChI=1S/C17H27NO/c1-17(2,3)15-10-14(11-16(12-15)19-5)13-6-8-18(4)9-7-13/h10-13H,6-9H2,1-5H3. The second-order valence-electron chi connectivity index (χ2n) is 6.82. The van der Waals surface area contributed by atoms with Gasteiger partial charge in [0, 0.05) is 0 Å². The zero-order chi connectivity index (χ0) is 14.0. The first-order valence-corrected chi connectivity index (χ1v) is 7.28. The molecule has 0 saturated carbocycles. The van der Waals surface area contributed by atoms with Crippen LogP contribution < -0.4 is 4.74 Å². The van der Waals surface area contributed by atoms with Crippen LogP contribution in [0, 0.1) is 0 Å². The van der Waals surface area contributed by atoms with Gasteiger partial charge in [-0.3, -0.25) is 0 Å². The summed E-state index contributed by atoms with van der Waals surface area (Å²) in [6.45, 7) is 9.19. The van der Waals surface area contributed by atoms with E-state index in [1.807, 2.05) is 0 Å². The van der Waals surface area contributed by atoms with E-state index in [1.165, 1.54) is 37.1 Å². The van der Waals surface area contributed by atoms with Gasteiger partial charge in [0.1, 0.15) is 5.75 Å². The van der Waals surface area contributed by atoms with Crippen LogP contribution in [0.4, 0.5) is 0 Å². The lowest BCUT2D eigenvalue weighted by Crippen LogP contribution is -2.29. The lowest BCUT2D eigenvalue weighted by molar-refractivity contribution is 0.255. The van der Waals surface area contributed by atoms with Gasteiger partial charge in [0.2, 0.25) is 0 Å². The molecular weight excluding hydrogens is 234 g/mol. The molecule has 1 aliphatic rings. The molecule has 106 valence electrons. The van der Waals surface area contributed by atoms with Crippen LogP contribution in [-0.4, -0.2) is 32.1 Å². The summed E-state index contributed by atoms with van der Waals surface area (Å²) < 4.78 is 5.49. The Morgan fingerprint density at radius 2 is 1.74 bits per heavy atom. The second-order valence-corrected chi connectivity index (χ2v) is 6.82. The molecule has 1 aliphatic heterocycles. The molecule has 1 aromatic carbocycles. The molecule has 2 rings (SSSR count). The highest BCUT2D eigenvalue weighted by Crippen LogP contribution is 2.34. The number of nitrogens with zero attached hydrogens (tertiary/aromatic N) is 1. The molecule has 0 unspecified atom stereocenters. The van der Waals surface area contributed by atoms with Gasteiger partial charge in [-0.15, -0.1) is 0 Å². The van der Waals surface area contributed by atoms with E-state index < -0.39 is 0 Å². The van der Waals surface area contributed by atoms with E-state index in [-0.39, 0.29) is 5.41 Å². The molecule has 0 bridgehead atoms. The second kappa shape index (κ2) is 5.54. The highest BCUT2D eigenvalue weighted by molar-refractivity contribution is 5.39. The molecule has 0 radical (unpaired) electrons. The van der Waals surface area contributed by atoms with E-state index in [0.717, 1.165) is 5.75 Å². The minimum absolute atomic E-state index is 0.175. The van der Waals surface area contributed by atoms with Crippen molar-refractivity contribution in [2.75, 3.05) is 27.2 Å². The van der Waals surface area contributed by atoms with Crippen LogP contribution in [0.3, 0.4) is 0 Å². The summed E-state index contributed by atoms with van der Waals surface area (Å²) in [6, 6.07) is 6.79. The minimum atomic E-state index is 0.175. The smallest absolute Gasteiger partial charge is 0.119 e. The van der Waals surface area contributed by atoms with E-state index in [2.05, 4.69) is 50.9 Å².